The Balaban J connectivity index is 2.65. The van der Waals surface area contributed by atoms with Crippen molar-refractivity contribution in [2.75, 3.05) is 0 Å². The SMILES string of the molecule is CC(N)C(=O)Oc1ccc(Br)cc1. The molecule has 0 aliphatic carbocycles. The first kappa shape index (κ1) is 10.2. The molecule has 0 saturated heterocycles. The number of nitrogens with two attached hydrogens (primary N) is 1. The molecule has 13 heavy (non-hydrogen) atoms. The summed E-state index contributed by atoms with van der Waals surface area (Å²) in [4.78, 5) is 11.0. The maximum absolute atomic E-state index is 11.0. The van der Waals surface area contributed by atoms with Gasteiger partial charge in [0, 0.05) is 4.47 Å². The summed E-state index contributed by atoms with van der Waals surface area (Å²) < 4.78 is 5.88. The molecule has 0 aliphatic rings. The Bertz CT molecular complexity index is 295. The second kappa shape index (κ2) is 4.39. The number of carbonyl (C=O) groups excluding carboxylic acids is 1. The van der Waals surface area contributed by atoms with Gasteiger partial charge in [0.1, 0.15) is 11.8 Å². The lowest BCUT2D eigenvalue weighted by atomic mass is 10.3. The van der Waals surface area contributed by atoms with Gasteiger partial charge in [-0.3, -0.25) is 0 Å². The van der Waals surface area contributed by atoms with Gasteiger partial charge in [-0.1, -0.05) is 15.9 Å². The van der Waals surface area contributed by atoms with Crippen LogP contribution in [0.4, 0.5) is 0 Å². The van der Waals surface area contributed by atoms with E-state index >= 15 is 0 Å². The highest BCUT2D eigenvalue weighted by atomic mass is 79.9. The summed E-state index contributed by atoms with van der Waals surface area (Å²) in [6.45, 7) is 1.58. The summed E-state index contributed by atoms with van der Waals surface area (Å²) in [5.41, 5.74) is 5.33. The van der Waals surface area contributed by atoms with Gasteiger partial charge in [0.2, 0.25) is 0 Å². The molecule has 1 aromatic rings. The number of hydrogen-bond acceptors (Lipinski definition) is 3. The van der Waals surface area contributed by atoms with Crippen LogP contribution in [0.25, 0.3) is 0 Å². The third kappa shape index (κ3) is 3.16. The molecule has 0 saturated carbocycles. The molecule has 3 nitrogen and oxygen atoms in total. The standard InChI is InChI=1S/C9H10BrNO2/c1-6(11)9(12)13-8-4-2-7(10)3-5-8/h2-6H,11H2,1H3. The van der Waals surface area contributed by atoms with Crippen LogP contribution >= 0.6 is 15.9 Å². The highest BCUT2D eigenvalue weighted by molar-refractivity contribution is 9.10. The van der Waals surface area contributed by atoms with Gasteiger partial charge >= 0.3 is 5.97 Å². The van der Waals surface area contributed by atoms with E-state index in [0.29, 0.717) is 5.75 Å². The van der Waals surface area contributed by atoms with Crippen molar-refractivity contribution in [3.8, 4) is 5.75 Å². The van der Waals surface area contributed by atoms with E-state index in [1.807, 2.05) is 0 Å². The predicted molar refractivity (Wildman–Crippen MR) is 53.4 cm³/mol. The Morgan fingerprint density at radius 2 is 2.00 bits per heavy atom. The normalized spacial score (nSPS) is 12.2. The van der Waals surface area contributed by atoms with E-state index in [9.17, 15) is 4.79 Å². The first-order valence-corrected chi connectivity index (χ1v) is 4.62. The van der Waals surface area contributed by atoms with Gasteiger partial charge in [-0.2, -0.15) is 0 Å². The van der Waals surface area contributed by atoms with Crippen molar-refractivity contribution < 1.29 is 9.53 Å². The molecule has 0 bridgehead atoms. The zero-order chi connectivity index (χ0) is 9.84. The summed E-state index contributed by atoms with van der Waals surface area (Å²) in [5.74, 6) is 0.0767. The van der Waals surface area contributed by atoms with Crippen molar-refractivity contribution in [1.29, 1.82) is 0 Å². The molecule has 0 amide bonds. The van der Waals surface area contributed by atoms with Crippen LogP contribution in [-0.4, -0.2) is 12.0 Å². The lowest BCUT2D eigenvalue weighted by molar-refractivity contribution is -0.135. The third-order valence-electron chi connectivity index (χ3n) is 1.40. The molecule has 1 atom stereocenters. The molecule has 4 heteroatoms. The number of ether oxygens (including phenoxy) is 1. The smallest absolute Gasteiger partial charge is 0.328 e. The number of halogens is 1. The van der Waals surface area contributed by atoms with Crippen molar-refractivity contribution in [3.63, 3.8) is 0 Å². The molecule has 1 aromatic carbocycles. The minimum absolute atomic E-state index is 0.428. The van der Waals surface area contributed by atoms with E-state index in [-0.39, 0.29) is 0 Å². The van der Waals surface area contributed by atoms with Crippen LogP contribution in [0.1, 0.15) is 6.92 Å². The highest BCUT2D eigenvalue weighted by Crippen LogP contribution is 2.16. The fourth-order valence-corrected chi connectivity index (χ4v) is 0.976. The summed E-state index contributed by atoms with van der Waals surface area (Å²) in [6.07, 6.45) is 0. The lowest BCUT2D eigenvalue weighted by Crippen LogP contribution is -2.30. The quantitative estimate of drug-likeness (QED) is 0.636. The third-order valence-corrected chi connectivity index (χ3v) is 1.93. The molecular weight excluding hydrogens is 234 g/mol. The van der Waals surface area contributed by atoms with E-state index in [4.69, 9.17) is 10.5 Å². The van der Waals surface area contributed by atoms with Crippen molar-refractivity contribution >= 4 is 21.9 Å². The zero-order valence-corrected chi connectivity index (χ0v) is 8.74. The van der Waals surface area contributed by atoms with Crippen LogP contribution in [0, 0.1) is 0 Å². The largest absolute Gasteiger partial charge is 0.425 e. The van der Waals surface area contributed by atoms with Gasteiger partial charge in [-0.15, -0.1) is 0 Å². The molecule has 0 radical (unpaired) electrons. The molecule has 0 spiro atoms. The first-order valence-electron chi connectivity index (χ1n) is 3.82. The summed E-state index contributed by atoms with van der Waals surface area (Å²) in [5, 5.41) is 0. The van der Waals surface area contributed by atoms with Crippen LogP contribution in [0.3, 0.4) is 0 Å². The molecule has 0 heterocycles. The fraction of sp³-hybridized carbons (Fsp3) is 0.222. The summed E-state index contributed by atoms with van der Waals surface area (Å²) >= 11 is 3.28. The van der Waals surface area contributed by atoms with Gasteiger partial charge in [0.25, 0.3) is 0 Å². The monoisotopic (exact) mass is 243 g/mol. The van der Waals surface area contributed by atoms with E-state index < -0.39 is 12.0 Å². The minimum Gasteiger partial charge on any atom is -0.425 e. The first-order chi connectivity index (χ1) is 6.09. The number of benzene rings is 1. The number of esters is 1. The van der Waals surface area contributed by atoms with Crippen LogP contribution in [0.2, 0.25) is 0 Å². The Hall–Kier alpha value is -0.870. The summed E-state index contributed by atoms with van der Waals surface area (Å²) in [7, 11) is 0. The van der Waals surface area contributed by atoms with E-state index in [1.165, 1.54) is 0 Å². The van der Waals surface area contributed by atoms with Crippen molar-refractivity contribution in [2.24, 2.45) is 5.73 Å². The average Bonchev–Trinajstić information content (AvgIpc) is 2.08. The highest BCUT2D eigenvalue weighted by Gasteiger charge is 2.09. The Morgan fingerprint density at radius 3 is 2.46 bits per heavy atom. The molecule has 2 N–H and O–H groups in total. The second-order valence-corrected chi connectivity index (χ2v) is 3.58. The Labute approximate surface area is 85.0 Å². The molecule has 70 valence electrons. The van der Waals surface area contributed by atoms with Crippen molar-refractivity contribution in [2.45, 2.75) is 13.0 Å². The fourth-order valence-electron chi connectivity index (χ4n) is 0.712. The van der Waals surface area contributed by atoms with Crippen molar-refractivity contribution in [1.82, 2.24) is 0 Å². The molecule has 0 aliphatic heterocycles. The van der Waals surface area contributed by atoms with Crippen LogP contribution < -0.4 is 10.5 Å². The second-order valence-electron chi connectivity index (χ2n) is 2.66. The molecule has 1 unspecified atom stereocenters. The van der Waals surface area contributed by atoms with Crippen LogP contribution in [0.15, 0.2) is 28.7 Å². The van der Waals surface area contributed by atoms with Crippen LogP contribution in [0.5, 0.6) is 5.75 Å². The van der Waals surface area contributed by atoms with Gasteiger partial charge in [-0.05, 0) is 31.2 Å². The summed E-state index contributed by atoms with van der Waals surface area (Å²) in [6, 6.07) is 6.39. The molecule has 1 rings (SSSR count). The minimum atomic E-state index is -0.594. The number of rotatable bonds is 2. The zero-order valence-electron chi connectivity index (χ0n) is 7.16. The maximum atomic E-state index is 11.0. The molecule has 0 fully saturated rings. The topological polar surface area (TPSA) is 52.3 Å². The predicted octanol–water partition coefficient (Wildman–Crippen LogP) is 1.70. The Morgan fingerprint density at radius 1 is 1.46 bits per heavy atom. The van der Waals surface area contributed by atoms with Gasteiger partial charge < -0.3 is 10.5 Å². The van der Waals surface area contributed by atoms with E-state index in [1.54, 1.807) is 31.2 Å². The van der Waals surface area contributed by atoms with Crippen LogP contribution in [-0.2, 0) is 4.79 Å². The lowest BCUT2D eigenvalue weighted by Gasteiger charge is -2.05. The average molecular weight is 244 g/mol. The Kier molecular flexibility index (Phi) is 3.45. The van der Waals surface area contributed by atoms with Gasteiger partial charge in [0.05, 0.1) is 0 Å². The molecule has 0 aromatic heterocycles. The molecular formula is C9H10BrNO2. The number of carbonyl (C=O) groups is 1. The maximum Gasteiger partial charge on any atom is 0.328 e. The van der Waals surface area contributed by atoms with Gasteiger partial charge in [0.15, 0.2) is 0 Å². The van der Waals surface area contributed by atoms with E-state index in [0.717, 1.165) is 4.47 Å². The van der Waals surface area contributed by atoms with Crippen molar-refractivity contribution in [3.05, 3.63) is 28.7 Å². The van der Waals surface area contributed by atoms with Gasteiger partial charge in [-0.25, -0.2) is 4.79 Å². The van der Waals surface area contributed by atoms with E-state index in [2.05, 4.69) is 15.9 Å². The number of hydrogen-bond donors (Lipinski definition) is 1.